The molecule has 3 rings (SSSR count). The Labute approximate surface area is 161 Å². The average molecular weight is 364 g/mol. The van der Waals surface area contributed by atoms with Crippen molar-refractivity contribution in [3.05, 3.63) is 58.1 Å². The first-order valence-corrected chi connectivity index (χ1v) is 9.42. The molecule has 5 nitrogen and oxygen atoms in total. The number of Topliss-reactive ketones (excluding diaryl/α,β-unsaturated/α-hetero) is 1. The Morgan fingerprint density at radius 2 is 1.89 bits per heavy atom. The minimum Gasteiger partial charge on any atom is -0.383 e. The zero-order valence-corrected chi connectivity index (χ0v) is 16.8. The zero-order valence-electron chi connectivity index (χ0n) is 16.8. The van der Waals surface area contributed by atoms with E-state index >= 15 is 0 Å². The van der Waals surface area contributed by atoms with E-state index < -0.39 is 5.92 Å². The maximum absolute atomic E-state index is 13.2. The third kappa shape index (κ3) is 3.26. The molecule has 2 N–H and O–H groups in total. The second-order valence-corrected chi connectivity index (χ2v) is 8.40. The minimum atomic E-state index is -0.393. The summed E-state index contributed by atoms with van der Waals surface area (Å²) in [5.74, 6) is 0.130. The largest absolute Gasteiger partial charge is 0.383 e. The number of allylic oxidation sites excluding steroid dienone is 3. The zero-order chi connectivity index (χ0) is 19.9. The normalized spacial score (nSPS) is 22.2. The molecule has 0 fully saturated rings. The van der Waals surface area contributed by atoms with Crippen LogP contribution in [0.3, 0.4) is 0 Å². The summed E-state index contributed by atoms with van der Waals surface area (Å²) < 4.78 is 0. The Morgan fingerprint density at radius 1 is 1.26 bits per heavy atom. The van der Waals surface area contributed by atoms with Gasteiger partial charge in [-0.05, 0) is 29.4 Å². The topological polar surface area (TPSA) is 73.4 Å². The predicted octanol–water partition coefficient (Wildman–Crippen LogP) is 3.46. The van der Waals surface area contributed by atoms with Gasteiger partial charge in [0.25, 0.3) is 0 Å². The van der Waals surface area contributed by atoms with E-state index in [2.05, 4.69) is 39.0 Å². The average Bonchev–Trinajstić information content (AvgIpc) is 2.59. The monoisotopic (exact) mass is 364 g/mol. The van der Waals surface area contributed by atoms with Gasteiger partial charge >= 0.3 is 0 Å². The molecule has 5 heteroatoms. The molecule has 1 heterocycles. The number of ketones is 1. The van der Waals surface area contributed by atoms with Crippen molar-refractivity contribution in [1.82, 2.24) is 10.0 Å². The fraction of sp³-hybridized carbons (Fsp3) is 0.455. The number of aryl methyl sites for hydroxylation is 1. The molecule has 0 saturated carbocycles. The highest BCUT2D eigenvalue weighted by Crippen LogP contribution is 2.49. The van der Waals surface area contributed by atoms with E-state index in [-0.39, 0.29) is 11.2 Å². The highest BCUT2D eigenvalue weighted by Gasteiger charge is 2.44. The first kappa shape index (κ1) is 19.2. The van der Waals surface area contributed by atoms with Crippen LogP contribution in [0.25, 0.3) is 0 Å². The molecule has 1 aromatic rings. The lowest BCUT2D eigenvalue weighted by atomic mass is 9.69. The molecule has 0 bridgehead atoms. The van der Waals surface area contributed by atoms with Crippen molar-refractivity contribution >= 4 is 5.78 Å². The van der Waals surface area contributed by atoms with Gasteiger partial charge in [0.2, 0.25) is 0 Å². The molecule has 142 valence electrons. The van der Waals surface area contributed by atoms with Gasteiger partial charge in [-0.25, -0.2) is 5.01 Å². The van der Waals surface area contributed by atoms with Crippen molar-refractivity contribution < 1.29 is 4.79 Å². The van der Waals surface area contributed by atoms with Gasteiger partial charge in [-0.1, -0.05) is 45.0 Å². The Hall–Kier alpha value is -2.58. The van der Waals surface area contributed by atoms with Crippen molar-refractivity contribution in [3.8, 4) is 6.07 Å². The molecular formula is C22H28N4O. The lowest BCUT2D eigenvalue weighted by molar-refractivity contribution is -0.119. The van der Waals surface area contributed by atoms with Crippen LogP contribution in [-0.4, -0.2) is 29.9 Å². The Morgan fingerprint density at radius 3 is 2.41 bits per heavy atom. The number of hydrazine groups is 1. The molecule has 0 aromatic heterocycles. The van der Waals surface area contributed by atoms with E-state index in [0.717, 1.165) is 29.7 Å². The minimum absolute atomic E-state index is 0.109. The molecule has 1 aliphatic heterocycles. The molecule has 0 saturated heterocycles. The third-order valence-corrected chi connectivity index (χ3v) is 5.48. The van der Waals surface area contributed by atoms with Gasteiger partial charge in [0, 0.05) is 31.8 Å². The van der Waals surface area contributed by atoms with Crippen LogP contribution in [0.15, 0.2) is 46.9 Å². The second-order valence-electron chi connectivity index (χ2n) is 8.40. The standard InChI is InChI=1S/C22H28N4O/c1-6-14-7-9-15(10-8-14)19-16(13-23)21(24)26(25(4)5)17-11-22(2,3)12-18(27)20(17)19/h7-10,19H,6,11-12,24H2,1-5H3/t19-/m1/s1. The lowest BCUT2D eigenvalue weighted by Gasteiger charge is -2.45. The van der Waals surface area contributed by atoms with Gasteiger partial charge in [0.1, 0.15) is 5.82 Å². The van der Waals surface area contributed by atoms with Crippen molar-refractivity contribution in [2.75, 3.05) is 14.1 Å². The number of hydrogen-bond donors (Lipinski definition) is 1. The van der Waals surface area contributed by atoms with Crippen molar-refractivity contribution in [2.24, 2.45) is 11.1 Å². The second kappa shape index (κ2) is 6.86. The molecule has 0 amide bonds. The Balaban J connectivity index is 2.24. The SMILES string of the molecule is CCc1ccc([C@@H]2C(C#N)=C(N)N(N(C)C)C3=C2C(=O)CC(C)(C)C3)cc1. The number of carbonyl (C=O) groups is 1. The van der Waals surface area contributed by atoms with Crippen LogP contribution in [-0.2, 0) is 11.2 Å². The van der Waals surface area contributed by atoms with Crippen LogP contribution in [0.1, 0.15) is 50.7 Å². The molecule has 1 atom stereocenters. The maximum atomic E-state index is 13.2. The first-order valence-electron chi connectivity index (χ1n) is 9.42. The predicted molar refractivity (Wildman–Crippen MR) is 106 cm³/mol. The van der Waals surface area contributed by atoms with E-state index in [1.165, 1.54) is 5.56 Å². The quantitative estimate of drug-likeness (QED) is 0.889. The van der Waals surface area contributed by atoms with Gasteiger partial charge in [-0.3, -0.25) is 9.80 Å². The summed E-state index contributed by atoms with van der Waals surface area (Å²) in [5, 5.41) is 13.6. The van der Waals surface area contributed by atoms with Gasteiger partial charge in [0.15, 0.2) is 5.78 Å². The van der Waals surface area contributed by atoms with E-state index in [9.17, 15) is 10.1 Å². The number of carbonyl (C=O) groups excluding carboxylic acids is 1. The van der Waals surface area contributed by atoms with Crippen molar-refractivity contribution in [3.63, 3.8) is 0 Å². The number of nitrogens with zero attached hydrogens (tertiary/aromatic N) is 3. The molecule has 27 heavy (non-hydrogen) atoms. The van der Waals surface area contributed by atoms with Crippen molar-refractivity contribution in [1.29, 1.82) is 5.26 Å². The summed E-state index contributed by atoms with van der Waals surface area (Å²) in [6.07, 6.45) is 2.17. The van der Waals surface area contributed by atoms with Crippen LogP contribution >= 0.6 is 0 Å². The van der Waals surface area contributed by atoms with E-state index in [1.807, 2.05) is 36.2 Å². The summed E-state index contributed by atoms with van der Waals surface area (Å²) in [6.45, 7) is 6.32. The van der Waals surface area contributed by atoms with Crippen LogP contribution < -0.4 is 5.73 Å². The number of nitriles is 1. The fourth-order valence-corrected chi connectivity index (χ4v) is 4.23. The molecule has 0 spiro atoms. The summed E-state index contributed by atoms with van der Waals surface area (Å²) in [7, 11) is 3.77. The Bertz CT molecular complexity index is 869. The first-order chi connectivity index (χ1) is 12.7. The number of hydrogen-bond acceptors (Lipinski definition) is 5. The van der Waals surface area contributed by atoms with Crippen LogP contribution in [0.5, 0.6) is 0 Å². The highest BCUT2D eigenvalue weighted by molar-refractivity contribution is 6.00. The maximum Gasteiger partial charge on any atom is 0.162 e. The highest BCUT2D eigenvalue weighted by atomic mass is 16.1. The molecule has 1 aliphatic carbocycles. The number of nitrogens with two attached hydrogens (primary N) is 1. The van der Waals surface area contributed by atoms with Gasteiger partial charge in [-0.15, -0.1) is 0 Å². The summed E-state index contributed by atoms with van der Waals surface area (Å²) >= 11 is 0. The lowest BCUT2D eigenvalue weighted by Crippen LogP contribution is -2.47. The van der Waals surface area contributed by atoms with Gasteiger partial charge in [0.05, 0.1) is 17.6 Å². The van der Waals surface area contributed by atoms with Crippen LogP contribution in [0.2, 0.25) is 0 Å². The molecule has 1 aromatic carbocycles. The molecule has 0 unspecified atom stereocenters. The molecular weight excluding hydrogens is 336 g/mol. The molecule has 0 radical (unpaired) electrons. The van der Waals surface area contributed by atoms with E-state index in [4.69, 9.17) is 5.73 Å². The van der Waals surface area contributed by atoms with E-state index in [1.54, 1.807) is 0 Å². The Kier molecular flexibility index (Phi) is 4.88. The summed E-state index contributed by atoms with van der Waals surface area (Å²) in [4.78, 5) is 13.2. The van der Waals surface area contributed by atoms with E-state index in [0.29, 0.717) is 17.8 Å². The summed E-state index contributed by atoms with van der Waals surface area (Å²) in [5.41, 5.74) is 10.6. The van der Waals surface area contributed by atoms with Crippen LogP contribution in [0.4, 0.5) is 0 Å². The molecule has 2 aliphatic rings. The summed E-state index contributed by atoms with van der Waals surface area (Å²) in [6, 6.07) is 10.5. The fourth-order valence-electron chi connectivity index (χ4n) is 4.23. The van der Waals surface area contributed by atoms with Crippen LogP contribution in [0, 0.1) is 16.7 Å². The third-order valence-electron chi connectivity index (χ3n) is 5.48. The smallest absolute Gasteiger partial charge is 0.162 e. The number of rotatable bonds is 3. The number of benzene rings is 1. The van der Waals surface area contributed by atoms with Gasteiger partial charge in [-0.2, -0.15) is 5.26 Å². The van der Waals surface area contributed by atoms with Gasteiger partial charge < -0.3 is 5.73 Å². The van der Waals surface area contributed by atoms with Crippen molar-refractivity contribution in [2.45, 2.75) is 46.0 Å².